The third kappa shape index (κ3) is 2.24. The maximum absolute atomic E-state index is 13.3. The largest absolute Gasteiger partial charge is 0.511 e. The molecule has 1 N–H and O–H groups in total. The molecule has 138 valence electrons. The number of aliphatic hydroxyl groups is 1. The molecule has 5 rings (SSSR count). The molecule has 5 atom stereocenters. The van der Waals surface area contributed by atoms with Gasteiger partial charge in [-0.2, -0.15) is 0 Å². The van der Waals surface area contributed by atoms with Crippen molar-refractivity contribution in [3.8, 4) is 0 Å². The number of hydrogen-bond acceptors (Lipinski definition) is 5. The number of carbonyl (C=O) groups excluding carboxylic acids is 1. The zero-order valence-electron chi connectivity index (χ0n) is 15.6. The number of carbonyl (C=O) groups is 1. The number of aliphatic hydroxyl groups excluding tert-OH is 1. The number of benzene rings is 1. The molecule has 1 aromatic carbocycles. The summed E-state index contributed by atoms with van der Waals surface area (Å²) in [6, 6.07) is 4.13. The van der Waals surface area contributed by atoms with Crippen LogP contribution < -0.4 is 0 Å². The maximum atomic E-state index is 13.3. The Bertz CT molecular complexity index is 959. The molecule has 5 heteroatoms. The predicted octanol–water partition coefficient (Wildman–Crippen LogP) is 3.44. The lowest BCUT2D eigenvalue weighted by atomic mass is 9.73. The zero-order valence-corrected chi connectivity index (χ0v) is 15.6. The summed E-state index contributed by atoms with van der Waals surface area (Å²) in [5, 5.41) is 11.1. The van der Waals surface area contributed by atoms with Crippen LogP contribution in [0.4, 0.5) is 0 Å². The van der Waals surface area contributed by atoms with E-state index in [0.29, 0.717) is 5.57 Å². The minimum Gasteiger partial charge on any atom is -0.511 e. The second kappa shape index (κ2) is 5.73. The van der Waals surface area contributed by atoms with Crippen molar-refractivity contribution in [3.05, 3.63) is 64.4 Å². The van der Waals surface area contributed by atoms with Crippen molar-refractivity contribution in [2.75, 3.05) is 0 Å². The van der Waals surface area contributed by atoms with Gasteiger partial charge < -0.3 is 9.84 Å². The first kappa shape index (κ1) is 16.6. The van der Waals surface area contributed by atoms with Gasteiger partial charge in [0.15, 0.2) is 5.78 Å². The summed E-state index contributed by atoms with van der Waals surface area (Å²) in [5.41, 5.74) is 5.47. The summed E-state index contributed by atoms with van der Waals surface area (Å²) in [6.45, 7) is 6.05. The number of fused-ring (bicyclic) bond motifs is 5. The molecule has 1 aromatic heterocycles. The molecule has 0 radical (unpaired) electrons. The lowest BCUT2D eigenvalue weighted by Crippen LogP contribution is -2.33. The van der Waals surface area contributed by atoms with E-state index in [-0.39, 0.29) is 41.5 Å². The van der Waals surface area contributed by atoms with E-state index in [9.17, 15) is 9.90 Å². The lowest BCUT2D eigenvalue weighted by molar-refractivity contribution is -0.118. The third-order valence-corrected chi connectivity index (χ3v) is 6.37. The predicted molar refractivity (Wildman–Crippen MR) is 100 cm³/mol. The van der Waals surface area contributed by atoms with E-state index in [2.05, 4.69) is 22.1 Å². The number of ketones is 1. The van der Waals surface area contributed by atoms with E-state index in [4.69, 9.17) is 4.74 Å². The summed E-state index contributed by atoms with van der Waals surface area (Å²) in [4.78, 5) is 21.9. The molecule has 27 heavy (non-hydrogen) atoms. The van der Waals surface area contributed by atoms with Crippen molar-refractivity contribution in [1.82, 2.24) is 9.97 Å². The van der Waals surface area contributed by atoms with Crippen LogP contribution in [-0.2, 0) is 9.53 Å². The lowest BCUT2D eigenvalue weighted by Gasteiger charge is -2.26. The monoisotopic (exact) mass is 362 g/mol. The van der Waals surface area contributed by atoms with E-state index in [1.165, 1.54) is 0 Å². The molecule has 2 bridgehead atoms. The van der Waals surface area contributed by atoms with Gasteiger partial charge in [0.05, 0.1) is 35.3 Å². The first-order valence-corrected chi connectivity index (χ1v) is 9.44. The molecule has 3 heterocycles. The highest BCUT2D eigenvalue weighted by atomic mass is 16.5. The van der Waals surface area contributed by atoms with E-state index >= 15 is 0 Å². The average molecular weight is 362 g/mol. The van der Waals surface area contributed by atoms with Crippen LogP contribution in [0.3, 0.4) is 0 Å². The van der Waals surface area contributed by atoms with Gasteiger partial charge in [-0.05, 0) is 43.9 Å². The molecule has 3 unspecified atom stereocenters. The third-order valence-electron chi connectivity index (χ3n) is 6.37. The van der Waals surface area contributed by atoms with E-state index in [0.717, 1.165) is 34.4 Å². The van der Waals surface area contributed by atoms with E-state index in [1.54, 1.807) is 18.6 Å². The number of allylic oxidation sites excluding steroid dienone is 1. The van der Waals surface area contributed by atoms with Crippen molar-refractivity contribution in [2.45, 2.75) is 45.3 Å². The van der Waals surface area contributed by atoms with Crippen LogP contribution >= 0.6 is 0 Å². The van der Waals surface area contributed by atoms with Crippen molar-refractivity contribution in [3.63, 3.8) is 0 Å². The van der Waals surface area contributed by atoms with Gasteiger partial charge in [-0.1, -0.05) is 17.7 Å². The second-order valence-electron chi connectivity index (χ2n) is 8.06. The molecular formula is C22H22N2O3. The topological polar surface area (TPSA) is 72.3 Å². The fourth-order valence-electron chi connectivity index (χ4n) is 5.47. The van der Waals surface area contributed by atoms with Crippen LogP contribution in [0.15, 0.2) is 36.5 Å². The summed E-state index contributed by atoms with van der Waals surface area (Å²) in [7, 11) is 0. The van der Waals surface area contributed by atoms with Gasteiger partial charge in [0, 0.05) is 24.5 Å². The average Bonchev–Trinajstić information content (AvgIpc) is 3.29. The van der Waals surface area contributed by atoms with Crippen LogP contribution in [0.1, 0.15) is 40.3 Å². The fraction of sp³-hybridized carbons (Fsp3) is 0.409. The van der Waals surface area contributed by atoms with Crippen LogP contribution in [0.2, 0.25) is 0 Å². The van der Waals surface area contributed by atoms with Crippen molar-refractivity contribution >= 4 is 11.4 Å². The van der Waals surface area contributed by atoms with E-state index < -0.39 is 0 Å². The number of nitrogens with zero attached hydrogens (tertiary/aromatic N) is 2. The van der Waals surface area contributed by atoms with Crippen molar-refractivity contribution < 1.29 is 14.6 Å². The standard InChI is InChI=1S/C22H22N2O3/c1-10-6-11(2)16(12(3)7-10)18-20(25)17-15-8-13(14-9-23-4-5-24-14)22(27-15)19(17)21(18)26/h4-7,9,13,15,17,19,22,26H,8H2,1-3H3/t13?,15?,17-,19+,22?/m0/s1. The smallest absolute Gasteiger partial charge is 0.173 e. The van der Waals surface area contributed by atoms with Gasteiger partial charge in [0.25, 0.3) is 0 Å². The van der Waals surface area contributed by atoms with Gasteiger partial charge >= 0.3 is 0 Å². The molecule has 0 saturated carbocycles. The Balaban J connectivity index is 1.59. The van der Waals surface area contributed by atoms with Gasteiger partial charge in [-0.3, -0.25) is 14.8 Å². The fourth-order valence-corrected chi connectivity index (χ4v) is 5.47. The van der Waals surface area contributed by atoms with Crippen LogP contribution in [0.25, 0.3) is 5.57 Å². The Kier molecular flexibility index (Phi) is 3.53. The number of hydrogen-bond donors (Lipinski definition) is 1. The van der Waals surface area contributed by atoms with Crippen LogP contribution in [0.5, 0.6) is 0 Å². The SMILES string of the molecule is Cc1cc(C)c(C2=C(O)[C@@H]3C4OC(CC4c4cnccn4)[C@@H]3C2=O)c(C)c1. The quantitative estimate of drug-likeness (QED) is 0.886. The van der Waals surface area contributed by atoms with Crippen molar-refractivity contribution in [1.29, 1.82) is 0 Å². The van der Waals surface area contributed by atoms with E-state index in [1.807, 2.05) is 20.8 Å². The minimum atomic E-state index is -0.280. The first-order valence-electron chi connectivity index (χ1n) is 9.44. The summed E-state index contributed by atoms with van der Waals surface area (Å²) in [6.07, 6.45) is 5.46. The van der Waals surface area contributed by atoms with Gasteiger partial charge in [-0.25, -0.2) is 0 Å². The number of ether oxygens (including phenoxy) is 1. The highest BCUT2D eigenvalue weighted by Crippen LogP contribution is 2.58. The molecule has 1 aliphatic carbocycles. The molecule has 0 spiro atoms. The molecule has 2 fully saturated rings. The highest BCUT2D eigenvalue weighted by Gasteiger charge is 2.63. The Morgan fingerprint density at radius 1 is 1.11 bits per heavy atom. The number of aryl methyl sites for hydroxylation is 3. The number of rotatable bonds is 2. The van der Waals surface area contributed by atoms with Gasteiger partial charge in [0.1, 0.15) is 5.76 Å². The molecule has 3 aliphatic rings. The van der Waals surface area contributed by atoms with Crippen LogP contribution in [-0.4, -0.2) is 33.1 Å². The first-order chi connectivity index (χ1) is 13.0. The highest BCUT2D eigenvalue weighted by molar-refractivity contribution is 6.26. The Hall–Kier alpha value is -2.53. The number of Topliss-reactive ketones (excluding diaryl/α,β-unsaturated/α-hetero) is 1. The van der Waals surface area contributed by atoms with Crippen LogP contribution in [0, 0.1) is 32.6 Å². The molecule has 2 saturated heterocycles. The number of aromatic nitrogens is 2. The Morgan fingerprint density at radius 2 is 1.85 bits per heavy atom. The summed E-state index contributed by atoms with van der Waals surface area (Å²) >= 11 is 0. The molecule has 0 amide bonds. The molecule has 2 aliphatic heterocycles. The van der Waals surface area contributed by atoms with Gasteiger partial charge in [0.2, 0.25) is 0 Å². The van der Waals surface area contributed by atoms with Gasteiger partial charge in [-0.15, -0.1) is 0 Å². The minimum absolute atomic E-state index is 0.0256. The van der Waals surface area contributed by atoms with Crippen molar-refractivity contribution in [2.24, 2.45) is 11.8 Å². The molecular weight excluding hydrogens is 340 g/mol. The molecule has 5 nitrogen and oxygen atoms in total. The summed E-state index contributed by atoms with van der Waals surface area (Å²) < 4.78 is 6.13. The Labute approximate surface area is 158 Å². The normalized spacial score (nSPS) is 31.7. The second-order valence-corrected chi connectivity index (χ2v) is 8.06. The maximum Gasteiger partial charge on any atom is 0.173 e. The Morgan fingerprint density at radius 3 is 2.52 bits per heavy atom. The molecule has 2 aromatic rings. The summed E-state index contributed by atoms with van der Waals surface area (Å²) in [5.74, 6) is -0.269. The zero-order chi connectivity index (χ0) is 18.9.